The van der Waals surface area contributed by atoms with Crippen LogP contribution in [0.2, 0.25) is 0 Å². The van der Waals surface area contributed by atoms with Crippen molar-refractivity contribution in [2.75, 3.05) is 7.11 Å². The summed E-state index contributed by atoms with van der Waals surface area (Å²) < 4.78 is 11.0. The van der Waals surface area contributed by atoms with Crippen LogP contribution in [0.4, 0.5) is 4.79 Å². The van der Waals surface area contributed by atoms with Crippen molar-refractivity contribution in [3.05, 3.63) is 0 Å². The third-order valence-corrected chi connectivity index (χ3v) is 3.63. The first-order chi connectivity index (χ1) is 8.57. The largest absolute Gasteiger partial charge is 0.483 e. The molecule has 108 valence electrons. The second-order valence-electron chi connectivity index (χ2n) is 7.43. The summed E-state index contributed by atoms with van der Waals surface area (Å²) >= 11 is 0. The molecule has 0 N–H and O–H groups in total. The summed E-state index contributed by atoms with van der Waals surface area (Å²) in [6.45, 7) is 12.4. The van der Waals surface area contributed by atoms with E-state index in [0.717, 1.165) is 0 Å². The predicted octanol–water partition coefficient (Wildman–Crippen LogP) is 2.65. The third-order valence-electron chi connectivity index (χ3n) is 3.63. The van der Waals surface area contributed by atoms with Gasteiger partial charge in [-0.15, -0.1) is 0 Å². The molecule has 0 aromatic rings. The minimum Gasteiger partial charge on any atom is -0.483 e. The SMILES string of the molecule is COC1=N[C@H](C(C)(C)C)N2C(=O)O[C@@H](C(C)(C)C)[C@@H]12. The van der Waals surface area contributed by atoms with E-state index in [9.17, 15) is 4.79 Å². The number of hydrogen-bond acceptors (Lipinski definition) is 4. The van der Waals surface area contributed by atoms with Crippen molar-refractivity contribution in [1.29, 1.82) is 0 Å². The third kappa shape index (κ3) is 2.19. The van der Waals surface area contributed by atoms with Crippen molar-refractivity contribution in [1.82, 2.24) is 4.90 Å². The first kappa shape index (κ1) is 14.2. The lowest BCUT2D eigenvalue weighted by Crippen LogP contribution is -2.48. The second-order valence-corrected chi connectivity index (χ2v) is 7.43. The van der Waals surface area contributed by atoms with E-state index in [0.29, 0.717) is 5.90 Å². The number of aliphatic imine (C=N–C) groups is 1. The van der Waals surface area contributed by atoms with Gasteiger partial charge >= 0.3 is 6.09 Å². The van der Waals surface area contributed by atoms with Crippen LogP contribution < -0.4 is 0 Å². The van der Waals surface area contributed by atoms with Gasteiger partial charge in [-0.25, -0.2) is 9.79 Å². The number of nitrogens with zero attached hydrogens (tertiary/aromatic N) is 2. The summed E-state index contributed by atoms with van der Waals surface area (Å²) in [6, 6.07) is -0.207. The van der Waals surface area contributed by atoms with Crippen molar-refractivity contribution in [3.8, 4) is 0 Å². The van der Waals surface area contributed by atoms with E-state index in [-0.39, 0.29) is 35.2 Å². The lowest BCUT2D eigenvalue weighted by Gasteiger charge is -2.32. The molecule has 5 heteroatoms. The molecule has 1 amide bonds. The van der Waals surface area contributed by atoms with Crippen molar-refractivity contribution in [3.63, 3.8) is 0 Å². The van der Waals surface area contributed by atoms with E-state index in [4.69, 9.17) is 9.47 Å². The lowest BCUT2D eigenvalue weighted by molar-refractivity contribution is 0.0627. The number of rotatable bonds is 0. The average Bonchev–Trinajstić information content (AvgIpc) is 2.75. The molecule has 0 aliphatic carbocycles. The van der Waals surface area contributed by atoms with Gasteiger partial charge in [0.2, 0.25) is 5.90 Å². The van der Waals surface area contributed by atoms with Gasteiger partial charge in [0.05, 0.1) is 7.11 Å². The second kappa shape index (κ2) is 4.12. The van der Waals surface area contributed by atoms with Gasteiger partial charge in [0.1, 0.15) is 12.3 Å². The number of methoxy groups -OCH3 is 1. The van der Waals surface area contributed by atoms with Crippen LogP contribution >= 0.6 is 0 Å². The molecule has 3 atom stereocenters. The predicted molar refractivity (Wildman–Crippen MR) is 73.0 cm³/mol. The monoisotopic (exact) mass is 268 g/mol. The fraction of sp³-hybridized carbons (Fsp3) is 0.857. The smallest absolute Gasteiger partial charge is 0.412 e. The molecule has 0 saturated carbocycles. The summed E-state index contributed by atoms with van der Waals surface area (Å²) in [5.41, 5.74) is -0.300. The lowest BCUT2D eigenvalue weighted by atomic mass is 9.84. The van der Waals surface area contributed by atoms with Gasteiger partial charge in [0, 0.05) is 10.8 Å². The molecule has 0 bridgehead atoms. The Bertz CT molecular complexity index is 417. The molecule has 2 rings (SSSR count). The number of amides is 1. The van der Waals surface area contributed by atoms with Gasteiger partial charge in [-0.2, -0.15) is 0 Å². The average molecular weight is 268 g/mol. The summed E-state index contributed by atoms with van der Waals surface area (Å²) in [7, 11) is 1.60. The van der Waals surface area contributed by atoms with Crippen molar-refractivity contribution < 1.29 is 14.3 Å². The maximum absolute atomic E-state index is 12.2. The number of ether oxygens (including phenoxy) is 2. The van der Waals surface area contributed by atoms with E-state index in [1.165, 1.54) is 0 Å². The highest BCUT2D eigenvalue weighted by Crippen LogP contribution is 2.42. The maximum Gasteiger partial charge on any atom is 0.412 e. The first-order valence-corrected chi connectivity index (χ1v) is 6.68. The number of carbonyl (C=O) groups is 1. The molecule has 1 saturated heterocycles. The van der Waals surface area contributed by atoms with Crippen LogP contribution in [0.5, 0.6) is 0 Å². The fourth-order valence-electron chi connectivity index (χ4n) is 2.69. The number of cyclic esters (lactones) is 1. The normalized spacial score (nSPS) is 31.1. The van der Waals surface area contributed by atoms with E-state index < -0.39 is 0 Å². The Kier molecular flexibility index (Phi) is 3.07. The standard InChI is InChI=1S/C14H24N2O3/c1-13(2,3)9-8-10(18-7)15-11(14(4,5)6)16(8)12(17)19-9/h8-9,11H,1-7H3/t8-,9+,11-/m0/s1. The van der Waals surface area contributed by atoms with E-state index >= 15 is 0 Å². The number of carbonyl (C=O) groups excluding carboxylic acids is 1. The molecule has 2 aliphatic heterocycles. The van der Waals surface area contributed by atoms with Crippen LogP contribution in [0.25, 0.3) is 0 Å². The summed E-state index contributed by atoms with van der Waals surface area (Å²) in [5, 5.41) is 0. The Labute approximate surface area is 115 Å². The fourth-order valence-corrected chi connectivity index (χ4v) is 2.69. The number of hydrogen-bond donors (Lipinski definition) is 0. The maximum atomic E-state index is 12.2. The van der Waals surface area contributed by atoms with E-state index in [2.05, 4.69) is 46.5 Å². The highest BCUT2D eigenvalue weighted by Gasteiger charge is 2.58. The molecule has 5 nitrogen and oxygen atoms in total. The Balaban J connectivity index is 2.41. The summed E-state index contributed by atoms with van der Waals surface area (Å²) in [6.07, 6.45) is -0.751. The van der Waals surface area contributed by atoms with Gasteiger partial charge in [0.25, 0.3) is 0 Å². The highest BCUT2D eigenvalue weighted by atomic mass is 16.6. The summed E-state index contributed by atoms with van der Waals surface area (Å²) in [4.78, 5) is 18.5. The first-order valence-electron chi connectivity index (χ1n) is 6.68. The van der Waals surface area contributed by atoms with Crippen LogP contribution in [0.15, 0.2) is 4.99 Å². The van der Waals surface area contributed by atoms with Gasteiger partial charge in [-0.05, 0) is 0 Å². The Morgan fingerprint density at radius 2 is 1.74 bits per heavy atom. The Hall–Kier alpha value is -1.26. The molecule has 19 heavy (non-hydrogen) atoms. The van der Waals surface area contributed by atoms with Gasteiger partial charge < -0.3 is 9.47 Å². The molecule has 0 unspecified atom stereocenters. The molecule has 0 aromatic heterocycles. The molecule has 1 fully saturated rings. The minimum atomic E-state index is -0.291. The van der Waals surface area contributed by atoms with Gasteiger partial charge in [-0.1, -0.05) is 41.5 Å². The van der Waals surface area contributed by atoms with Crippen LogP contribution in [0.3, 0.4) is 0 Å². The molecular formula is C14H24N2O3. The Morgan fingerprint density at radius 3 is 2.16 bits per heavy atom. The Morgan fingerprint density at radius 1 is 1.16 bits per heavy atom. The molecular weight excluding hydrogens is 244 g/mol. The van der Waals surface area contributed by atoms with Crippen molar-refractivity contribution in [2.24, 2.45) is 15.8 Å². The molecule has 0 radical (unpaired) electrons. The van der Waals surface area contributed by atoms with Crippen LogP contribution in [-0.2, 0) is 9.47 Å². The van der Waals surface area contributed by atoms with Gasteiger partial charge in [0.15, 0.2) is 6.04 Å². The minimum absolute atomic E-state index is 0.148. The molecule has 2 aliphatic rings. The zero-order chi connectivity index (χ0) is 14.6. The van der Waals surface area contributed by atoms with Crippen molar-refractivity contribution >= 4 is 12.0 Å². The molecule has 2 heterocycles. The van der Waals surface area contributed by atoms with Crippen molar-refractivity contribution in [2.45, 2.75) is 59.9 Å². The van der Waals surface area contributed by atoms with E-state index in [1.54, 1.807) is 12.0 Å². The quantitative estimate of drug-likeness (QED) is 0.678. The number of fused-ring (bicyclic) bond motifs is 1. The zero-order valence-corrected chi connectivity index (χ0v) is 12.9. The van der Waals surface area contributed by atoms with E-state index in [1.807, 2.05) is 0 Å². The molecule has 0 aromatic carbocycles. The zero-order valence-electron chi connectivity index (χ0n) is 12.9. The summed E-state index contributed by atoms with van der Waals surface area (Å²) in [5.74, 6) is 0.603. The van der Waals surface area contributed by atoms with Gasteiger partial charge in [-0.3, -0.25) is 4.90 Å². The van der Waals surface area contributed by atoms with Crippen LogP contribution in [0.1, 0.15) is 41.5 Å². The molecule has 0 spiro atoms. The highest BCUT2D eigenvalue weighted by molar-refractivity contribution is 5.91. The topological polar surface area (TPSA) is 51.1 Å². The van der Waals surface area contributed by atoms with Crippen LogP contribution in [-0.4, -0.2) is 42.3 Å². The van der Waals surface area contributed by atoms with Crippen LogP contribution in [0, 0.1) is 10.8 Å².